The molecule has 1 aliphatic heterocycles. The molecule has 0 atom stereocenters. The number of rotatable bonds is 7. The zero-order chi connectivity index (χ0) is 21.1. The van der Waals surface area contributed by atoms with Crippen molar-refractivity contribution in [2.45, 2.75) is 20.3 Å². The van der Waals surface area contributed by atoms with Crippen molar-refractivity contribution < 1.29 is 19.0 Å². The Morgan fingerprint density at radius 2 is 1.90 bits per heavy atom. The van der Waals surface area contributed by atoms with Gasteiger partial charge in [0.25, 0.3) is 5.91 Å². The van der Waals surface area contributed by atoms with E-state index in [1.165, 1.54) is 0 Å². The maximum absolute atomic E-state index is 12.5. The van der Waals surface area contributed by atoms with Crippen molar-refractivity contribution >= 4 is 22.9 Å². The highest BCUT2D eigenvalue weighted by molar-refractivity contribution is 7.11. The molecule has 156 valence electrons. The lowest BCUT2D eigenvalue weighted by Gasteiger charge is -2.29. The zero-order valence-electron chi connectivity index (χ0n) is 17.3. The molecule has 3 aromatic rings. The van der Waals surface area contributed by atoms with Crippen LogP contribution in [0.25, 0.3) is 11.3 Å². The lowest BCUT2D eigenvalue weighted by atomic mass is 10.1. The number of methoxy groups -OCH3 is 1. The number of anilines is 1. The van der Waals surface area contributed by atoms with Crippen LogP contribution in [0.2, 0.25) is 0 Å². The molecule has 4 rings (SSSR count). The number of fused-ring (bicyclic) bond motifs is 1. The topological polar surface area (TPSA) is 60.9 Å². The second-order valence-electron chi connectivity index (χ2n) is 7.03. The van der Waals surface area contributed by atoms with Crippen molar-refractivity contribution in [3.63, 3.8) is 0 Å². The Morgan fingerprint density at radius 3 is 2.60 bits per heavy atom. The number of nitrogens with zero attached hydrogens (tertiary/aromatic N) is 2. The predicted octanol–water partition coefficient (Wildman–Crippen LogP) is 4.63. The number of ether oxygens (including phenoxy) is 3. The summed E-state index contributed by atoms with van der Waals surface area (Å²) < 4.78 is 16.6. The number of carbonyl (C=O) groups is 1. The van der Waals surface area contributed by atoms with Gasteiger partial charge in [0.1, 0.15) is 17.2 Å². The maximum Gasteiger partial charge on any atom is 0.265 e. The Balaban J connectivity index is 1.45. The van der Waals surface area contributed by atoms with Gasteiger partial charge in [0, 0.05) is 17.0 Å². The Bertz CT molecular complexity index is 1050. The van der Waals surface area contributed by atoms with Crippen LogP contribution < -0.4 is 19.1 Å². The summed E-state index contributed by atoms with van der Waals surface area (Å²) in [6, 6.07) is 13.4. The molecule has 0 unspecified atom stereocenters. The molecule has 1 aliphatic rings. The van der Waals surface area contributed by atoms with Gasteiger partial charge in [-0.05, 0) is 62.7 Å². The molecule has 0 bridgehead atoms. The number of hydrogen-bond donors (Lipinski definition) is 0. The number of thiazole rings is 1. The Morgan fingerprint density at radius 1 is 1.13 bits per heavy atom. The maximum atomic E-state index is 12.5. The molecule has 2 aromatic carbocycles. The van der Waals surface area contributed by atoms with Crippen LogP contribution in [0.1, 0.15) is 16.3 Å². The largest absolute Gasteiger partial charge is 0.497 e. The van der Waals surface area contributed by atoms with E-state index in [2.05, 4.69) is 11.9 Å². The molecule has 1 amide bonds. The molecule has 0 saturated carbocycles. The van der Waals surface area contributed by atoms with E-state index < -0.39 is 0 Å². The summed E-state index contributed by atoms with van der Waals surface area (Å²) in [6.45, 7) is 5.19. The van der Waals surface area contributed by atoms with Gasteiger partial charge in [-0.15, -0.1) is 11.3 Å². The van der Waals surface area contributed by atoms with E-state index in [1.54, 1.807) is 23.3 Å². The van der Waals surface area contributed by atoms with Gasteiger partial charge < -0.3 is 19.1 Å². The summed E-state index contributed by atoms with van der Waals surface area (Å²) >= 11 is 1.67. The quantitative estimate of drug-likeness (QED) is 0.518. The van der Waals surface area contributed by atoms with Gasteiger partial charge in [0.15, 0.2) is 6.61 Å². The van der Waals surface area contributed by atoms with E-state index >= 15 is 0 Å². The predicted molar refractivity (Wildman–Crippen MR) is 118 cm³/mol. The molecule has 30 heavy (non-hydrogen) atoms. The second kappa shape index (κ2) is 8.75. The van der Waals surface area contributed by atoms with Crippen molar-refractivity contribution in [3.05, 3.63) is 52.3 Å². The first-order chi connectivity index (χ1) is 14.5. The molecule has 0 N–H and O–H groups in total. The third-order valence-electron chi connectivity index (χ3n) is 4.93. The van der Waals surface area contributed by atoms with Crippen LogP contribution in [0.15, 0.2) is 42.5 Å². The summed E-state index contributed by atoms with van der Waals surface area (Å²) in [5.41, 5.74) is 2.74. The highest BCUT2D eigenvalue weighted by Crippen LogP contribution is 2.37. The van der Waals surface area contributed by atoms with Crippen LogP contribution in [0, 0.1) is 13.8 Å². The van der Waals surface area contributed by atoms with E-state index in [9.17, 15) is 4.79 Å². The number of amides is 1. The number of aromatic nitrogens is 1. The van der Waals surface area contributed by atoms with Crippen molar-refractivity contribution in [3.8, 4) is 28.5 Å². The summed E-state index contributed by atoms with van der Waals surface area (Å²) in [5, 5.41) is 1.03. The fourth-order valence-corrected chi connectivity index (χ4v) is 4.32. The zero-order valence-corrected chi connectivity index (χ0v) is 18.1. The van der Waals surface area contributed by atoms with E-state index in [4.69, 9.17) is 14.2 Å². The van der Waals surface area contributed by atoms with Gasteiger partial charge in [-0.3, -0.25) is 4.79 Å². The van der Waals surface area contributed by atoms with Gasteiger partial charge in [-0.25, -0.2) is 4.98 Å². The van der Waals surface area contributed by atoms with Crippen molar-refractivity contribution in [2.75, 3.05) is 31.8 Å². The summed E-state index contributed by atoms with van der Waals surface area (Å²) in [7, 11) is 1.63. The number of carbonyl (C=O) groups excluding carboxylic acids is 1. The van der Waals surface area contributed by atoms with E-state index in [1.807, 2.05) is 49.4 Å². The SMILES string of the molecule is COc1ccc(OCCCN2C(=O)COc3ccc(-c4nc(C)sc4C)cc32)cc1. The molecule has 0 spiro atoms. The van der Waals surface area contributed by atoms with Gasteiger partial charge in [0.05, 0.1) is 30.1 Å². The first-order valence-electron chi connectivity index (χ1n) is 9.83. The molecule has 6 nitrogen and oxygen atoms in total. The standard InChI is InChI=1S/C23H24N2O4S/c1-15-23(24-16(2)30-15)17-5-10-21-20(13-17)25(22(26)14-29-21)11-4-12-28-19-8-6-18(27-3)7-9-19/h5-10,13H,4,11-12,14H2,1-3H3. The van der Waals surface area contributed by atoms with E-state index in [0.29, 0.717) is 19.6 Å². The van der Waals surface area contributed by atoms with Crippen LogP contribution >= 0.6 is 11.3 Å². The van der Waals surface area contributed by atoms with Gasteiger partial charge >= 0.3 is 0 Å². The highest BCUT2D eigenvalue weighted by Gasteiger charge is 2.26. The van der Waals surface area contributed by atoms with Crippen LogP contribution in [0.4, 0.5) is 5.69 Å². The molecule has 0 saturated heterocycles. The van der Waals surface area contributed by atoms with Crippen LogP contribution in [-0.4, -0.2) is 37.8 Å². The summed E-state index contributed by atoms with van der Waals surface area (Å²) in [5.74, 6) is 2.25. The van der Waals surface area contributed by atoms with Crippen molar-refractivity contribution in [1.29, 1.82) is 0 Å². The lowest BCUT2D eigenvalue weighted by molar-refractivity contribution is -0.121. The first-order valence-corrected chi connectivity index (χ1v) is 10.7. The molecular formula is C23H24N2O4S. The third kappa shape index (κ3) is 4.26. The van der Waals surface area contributed by atoms with Crippen LogP contribution in [-0.2, 0) is 4.79 Å². The van der Waals surface area contributed by atoms with Crippen LogP contribution in [0.5, 0.6) is 17.2 Å². The summed E-state index contributed by atoms with van der Waals surface area (Å²) in [6.07, 6.45) is 0.705. The van der Waals surface area contributed by atoms with Gasteiger partial charge in [-0.2, -0.15) is 0 Å². The molecule has 0 aliphatic carbocycles. The fraction of sp³-hybridized carbons (Fsp3) is 0.304. The minimum absolute atomic E-state index is 0.0460. The lowest BCUT2D eigenvalue weighted by Crippen LogP contribution is -2.39. The molecule has 1 aromatic heterocycles. The highest BCUT2D eigenvalue weighted by atomic mass is 32.1. The van der Waals surface area contributed by atoms with Crippen molar-refractivity contribution in [2.24, 2.45) is 0 Å². The van der Waals surface area contributed by atoms with Crippen molar-refractivity contribution in [1.82, 2.24) is 4.98 Å². The first kappa shape index (κ1) is 20.2. The molecule has 2 heterocycles. The molecule has 0 fully saturated rings. The molecule has 0 radical (unpaired) electrons. The van der Waals surface area contributed by atoms with Gasteiger partial charge in [0.2, 0.25) is 0 Å². The second-order valence-corrected chi connectivity index (χ2v) is 8.44. The van der Waals surface area contributed by atoms with Crippen LogP contribution in [0.3, 0.4) is 0 Å². The average molecular weight is 425 g/mol. The van der Waals surface area contributed by atoms with E-state index in [0.717, 1.165) is 44.1 Å². The minimum atomic E-state index is -0.0460. The molecule has 7 heteroatoms. The Labute approximate surface area is 180 Å². The number of hydrogen-bond acceptors (Lipinski definition) is 6. The van der Waals surface area contributed by atoms with Gasteiger partial charge in [-0.1, -0.05) is 0 Å². The summed E-state index contributed by atoms with van der Waals surface area (Å²) in [4.78, 5) is 20.1. The fourth-order valence-electron chi connectivity index (χ4n) is 3.48. The Hall–Kier alpha value is -3.06. The average Bonchev–Trinajstić information content (AvgIpc) is 3.10. The normalized spacial score (nSPS) is 13.0. The van der Waals surface area contributed by atoms with E-state index in [-0.39, 0.29) is 12.5 Å². The minimum Gasteiger partial charge on any atom is -0.497 e. The number of aryl methyl sites for hydroxylation is 2. The number of benzene rings is 2. The third-order valence-corrected chi connectivity index (χ3v) is 5.82. The molecular weight excluding hydrogens is 400 g/mol. The Kier molecular flexibility index (Phi) is 5.90. The monoisotopic (exact) mass is 424 g/mol. The smallest absolute Gasteiger partial charge is 0.265 e.